The molecule has 58 valence electrons. The van der Waals surface area contributed by atoms with Crippen molar-refractivity contribution in [2.75, 3.05) is 0 Å². The first-order valence-electron chi connectivity index (χ1n) is 3.78. The van der Waals surface area contributed by atoms with Gasteiger partial charge in [-0.1, -0.05) is 41.9 Å². The molecule has 0 saturated heterocycles. The average molecular weight is 203 g/mol. The highest BCUT2D eigenvalue weighted by molar-refractivity contribution is 9.10. The molecule has 0 amide bonds. The minimum atomic E-state index is 0.339. The Kier molecular flexibility index (Phi) is 1.97. The van der Waals surface area contributed by atoms with E-state index in [1.54, 1.807) is 0 Å². The second-order valence-corrected chi connectivity index (χ2v) is 6.10. The fourth-order valence-electron chi connectivity index (χ4n) is 1.70. The summed E-state index contributed by atoms with van der Waals surface area (Å²) >= 11 is 3.72. The van der Waals surface area contributed by atoms with Gasteiger partial charge in [0.05, 0.1) is 0 Å². The van der Waals surface area contributed by atoms with Crippen LogP contribution < -0.4 is 0 Å². The summed E-state index contributed by atoms with van der Waals surface area (Å²) < 4.78 is 0.339. The summed E-state index contributed by atoms with van der Waals surface area (Å²) in [5.74, 6) is 0. The zero-order valence-corrected chi connectivity index (χ0v) is 8.53. The summed E-state index contributed by atoms with van der Waals surface area (Å²) in [5.41, 5.74) is 0.385. The molecule has 0 aromatic heterocycles. The largest absolute Gasteiger partial charge is 0.0866 e. The van der Waals surface area contributed by atoms with Crippen LogP contribution in [-0.2, 0) is 0 Å². The molecule has 0 radical (unpaired) electrons. The summed E-state index contributed by atoms with van der Waals surface area (Å²) in [6, 6.07) is 0. The van der Waals surface area contributed by atoms with E-state index in [1.807, 2.05) is 0 Å². The van der Waals surface area contributed by atoms with E-state index in [2.05, 4.69) is 48.9 Å². The van der Waals surface area contributed by atoms with Gasteiger partial charge in [-0.15, -0.1) is 0 Å². The first-order valence-corrected chi connectivity index (χ1v) is 4.57. The van der Waals surface area contributed by atoms with E-state index in [4.69, 9.17) is 0 Å². The van der Waals surface area contributed by atoms with Gasteiger partial charge in [0.15, 0.2) is 0 Å². The quantitative estimate of drug-likeness (QED) is 0.417. The standard InChI is InChI=1S/C9H15Br/c1-8(2)5-4-6-9(3,10)7-8/h4-5H,6-7H2,1-3H3. The highest BCUT2D eigenvalue weighted by Gasteiger charge is 2.30. The van der Waals surface area contributed by atoms with Gasteiger partial charge in [-0.3, -0.25) is 0 Å². The molecule has 1 rings (SSSR count). The molecule has 0 saturated carbocycles. The molecule has 0 N–H and O–H groups in total. The summed E-state index contributed by atoms with van der Waals surface area (Å²) in [6.45, 7) is 6.82. The van der Waals surface area contributed by atoms with Gasteiger partial charge in [0.2, 0.25) is 0 Å². The van der Waals surface area contributed by atoms with Crippen LogP contribution in [0.3, 0.4) is 0 Å². The van der Waals surface area contributed by atoms with E-state index in [9.17, 15) is 0 Å². The van der Waals surface area contributed by atoms with Crippen LogP contribution in [0.1, 0.15) is 33.6 Å². The predicted molar refractivity (Wildman–Crippen MR) is 49.5 cm³/mol. The van der Waals surface area contributed by atoms with Gasteiger partial charge in [-0.2, -0.15) is 0 Å². The molecule has 1 aliphatic carbocycles. The van der Waals surface area contributed by atoms with Crippen molar-refractivity contribution in [3.8, 4) is 0 Å². The number of halogens is 1. The normalized spacial score (nSPS) is 38.0. The fraction of sp³-hybridized carbons (Fsp3) is 0.778. The van der Waals surface area contributed by atoms with Crippen molar-refractivity contribution in [3.05, 3.63) is 12.2 Å². The van der Waals surface area contributed by atoms with E-state index in [1.165, 1.54) is 6.42 Å². The Balaban J connectivity index is 2.73. The van der Waals surface area contributed by atoms with Gasteiger partial charge < -0.3 is 0 Å². The number of rotatable bonds is 0. The Morgan fingerprint density at radius 1 is 1.30 bits per heavy atom. The van der Waals surface area contributed by atoms with Crippen molar-refractivity contribution in [3.63, 3.8) is 0 Å². The maximum Gasteiger partial charge on any atom is 0.0272 e. The van der Waals surface area contributed by atoms with Gasteiger partial charge in [-0.05, 0) is 25.2 Å². The number of alkyl halides is 1. The predicted octanol–water partition coefficient (Wildman–Crippen LogP) is 3.52. The van der Waals surface area contributed by atoms with Crippen LogP contribution in [0.4, 0.5) is 0 Å². The number of hydrogen-bond acceptors (Lipinski definition) is 0. The number of allylic oxidation sites excluding steroid dienone is 2. The van der Waals surface area contributed by atoms with Crippen LogP contribution in [0.25, 0.3) is 0 Å². The topological polar surface area (TPSA) is 0 Å². The molecule has 1 aliphatic rings. The van der Waals surface area contributed by atoms with Crippen molar-refractivity contribution in [2.45, 2.75) is 37.9 Å². The van der Waals surface area contributed by atoms with Crippen LogP contribution in [0.15, 0.2) is 12.2 Å². The molecule has 1 unspecified atom stereocenters. The molecule has 0 aromatic carbocycles. The van der Waals surface area contributed by atoms with E-state index >= 15 is 0 Å². The first kappa shape index (κ1) is 8.32. The lowest BCUT2D eigenvalue weighted by molar-refractivity contribution is 0.362. The lowest BCUT2D eigenvalue weighted by atomic mass is 9.78. The molecular formula is C9H15Br. The Morgan fingerprint density at radius 2 is 1.90 bits per heavy atom. The summed E-state index contributed by atoms with van der Waals surface area (Å²) in [7, 11) is 0. The van der Waals surface area contributed by atoms with Gasteiger partial charge in [0.1, 0.15) is 0 Å². The lowest BCUT2D eigenvalue weighted by Gasteiger charge is -2.34. The van der Waals surface area contributed by atoms with Gasteiger partial charge in [0.25, 0.3) is 0 Å². The van der Waals surface area contributed by atoms with Crippen molar-refractivity contribution >= 4 is 15.9 Å². The van der Waals surface area contributed by atoms with Crippen LogP contribution in [0.2, 0.25) is 0 Å². The second kappa shape index (κ2) is 2.37. The zero-order valence-electron chi connectivity index (χ0n) is 6.95. The summed E-state index contributed by atoms with van der Waals surface area (Å²) in [6.07, 6.45) is 6.99. The molecule has 10 heavy (non-hydrogen) atoms. The van der Waals surface area contributed by atoms with E-state index in [0.29, 0.717) is 9.74 Å². The molecule has 0 aromatic rings. The van der Waals surface area contributed by atoms with E-state index in [0.717, 1.165) is 6.42 Å². The zero-order chi connectivity index (χ0) is 7.83. The monoisotopic (exact) mass is 202 g/mol. The van der Waals surface area contributed by atoms with E-state index < -0.39 is 0 Å². The fourth-order valence-corrected chi connectivity index (χ4v) is 2.61. The van der Waals surface area contributed by atoms with Crippen molar-refractivity contribution in [1.29, 1.82) is 0 Å². The summed E-state index contributed by atoms with van der Waals surface area (Å²) in [5, 5.41) is 0. The minimum absolute atomic E-state index is 0.339. The molecule has 0 nitrogen and oxygen atoms in total. The first-order chi connectivity index (χ1) is 4.41. The Hall–Kier alpha value is 0.220. The van der Waals surface area contributed by atoms with Crippen LogP contribution in [0, 0.1) is 5.41 Å². The molecular weight excluding hydrogens is 188 g/mol. The van der Waals surface area contributed by atoms with Crippen LogP contribution in [0.5, 0.6) is 0 Å². The molecule has 0 fully saturated rings. The molecule has 1 atom stereocenters. The van der Waals surface area contributed by atoms with Crippen molar-refractivity contribution < 1.29 is 0 Å². The van der Waals surface area contributed by atoms with Gasteiger partial charge in [-0.25, -0.2) is 0 Å². The maximum atomic E-state index is 3.72. The lowest BCUT2D eigenvalue weighted by Crippen LogP contribution is -2.27. The molecule has 0 heterocycles. The smallest absolute Gasteiger partial charge is 0.0272 e. The Bertz CT molecular complexity index is 154. The SMILES string of the molecule is CC1(C)C=CCC(C)(Br)C1. The Morgan fingerprint density at radius 3 is 2.20 bits per heavy atom. The molecule has 0 aliphatic heterocycles. The molecule has 1 heteroatoms. The number of hydrogen-bond donors (Lipinski definition) is 0. The third kappa shape index (κ3) is 2.12. The van der Waals surface area contributed by atoms with E-state index in [-0.39, 0.29) is 0 Å². The molecule has 0 bridgehead atoms. The minimum Gasteiger partial charge on any atom is -0.0866 e. The highest BCUT2D eigenvalue weighted by atomic mass is 79.9. The highest BCUT2D eigenvalue weighted by Crippen LogP contribution is 2.40. The third-order valence-electron chi connectivity index (χ3n) is 1.94. The molecule has 0 spiro atoms. The third-order valence-corrected chi connectivity index (χ3v) is 2.54. The van der Waals surface area contributed by atoms with Gasteiger partial charge >= 0.3 is 0 Å². The van der Waals surface area contributed by atoms with Crippen LogP contribution in [-0.4, -0.2) is 4.32 Å². The average Bonchev–Trinajstić information content (AvgIpc) is 1.56. The van der Waals surface area contributed by atoms with Gasteiger partial charge in [0, 0.05) is 4.32 Å². The van der Waals surface area contributed by atoms with Crippen LogP contribution >= 0.6 is 15.9 Å². The van der Waals surface area contributed by atoms with Crippen molar-refractivity contribution in [1.82, 2.24) is 0 Å². The Labute approximate surface area is 71.8 Å². The summed E-state index contributed by atoms with van der Waals surface area (Å²) in [4.78, 5) is 0. The maximum absolute atomic E-state index is 3.72. The van der Waals surface area contributed by atoms with Crippen molar-refractivity contribution in [2.24, 2.45) is 5.41 Å². The second-order valence-electron chi connectivity index (χ2n) is 4.19.